The predicted octanol–water partition coefficient (Wildman–Crippen LogP) is 2.42. The third-order valence-corrected chi connectivity index (χ3v) is 3.49. The smallest absolute Gasteiger partial charge is 0.308 e. The van der Waals surface area contributed by atoms with E-state index >= 15 is 0 Å². The predicted molar refractivity (Wildman–Crippen MR) is 66.7 cm³/mol. The zero-order chi connectivity index (χ0) is 12.1. The van der Waals surface area contributed by atoms with Crippen LogP contribution in [0.2, 0.25) is 0 Å². The monoisotopic (exact) mass is 233 g/mol. The van der Waals surface area contributed by atoms with Crippen molar-refractivity contribution < 1.29 is 9.90 Å². The van der Waals surface area contributed by atoms with Crippen molar-refractivity contribution in [2.75, 3.05) is 0 Å². The highest BCUT2D eigenvalue weighted by molar-refractivity contribution is 5.71. The molecule has 1 aliphatic carbocycles. The van der Waals surface area contributed by atoms with Gasteiger partial charge in [-0.1, -0.05) is 43.2 Å². The van der Waals surface area contributed by atoms with Crippen LogP contribution in [0.15, 0.2) is 30.3 Å². The van der Waals surface area contributed by atoms with Gasteiger partial charge in [-0.2, -0.15) is 0 Å². The van der Waals surface area contributed by atoms with Crippen LogP contribution in [0.1, 0.15) is 31.2 Å². The number of carboxylic acid groups (broad SMARTS) is 1. The summed E-state index contributed by atoms with van der Waals surface area (Å²) < 4.78 is 0. The molecule has 0 amide bonds. The van der Waals surface area contributed by atoms with Crippen LogP contribution >= 0.6 is 0 Å². The zero-order valence-corrected chi connectivity index (χ0v) is 9.93. The molecule has 2 atom stereocenters. The minimum Gasteiger partial charge on any atom is -0.481 e. The topological polar surface area (TPSA) is 49.3 Å². The van der Waals surface area contributed by atoms with Gasteiger partial charge in [0.1, 0.15) is 0 Å². The van der Waals surface area contributed by atoms with Crippen molar-refractivity contribution in [3.63, 3.8) is 0 Å². The quantitative estimate of drug-likeness (QED) is 0.839. The lowest BCUT2D eigenvalue weighted by Crippen LogP contribution is -2.41. The van der Waals surface area contributed by atoms with Crippen LogP contribution in [-0.2, 0) is 11.3 Å². The molecule has 0 spiro atoms. The Balaban J connectivity index is 1.90. The first-order valence-electron chi connectivity index (χ1n) is 6.27. The molecule has 92 valence electrons. The summed E-state index contributed by atoms with van der Waals surface area (Å²) >= 11 is 0. The van der Waals surface area contributed by atoms with Gasteiger partial charge in [-0.3, -0.25) is 4.79 Å². The molecule has 2 N–H and O–H groups in total. The molecule has 0 heterocycles. The molecule has 1 aromatic carbocycles. The second-order valence-corrected chi connectivity index (χ2v) is 4.70. The Labute approximate surface area is 102 Å². The van der Waals surface area contributed by atoms with Crippen LogP contribution in [0.4, 0.5) is 0 Å². The van der Waals surface area contributed by atoms with E-state index in [1.54, 1.807) is 0 Å². The summed E-state index contributed by atoms with van der Waals surface area (Å²) in [6.07, 6.45) is 3.96. The molecule has 0 aromatic heterocycles. The van der Waals surface area contributed by atoms with E-state index in [0.717, 1.165) is 32.2 Å². The van der Waals surface area contributed by atoms with E-state index in [9.17, 15) is 4.79 Å². The number of carbonyl (C=O) groups is 1. The van der Waals surface area contributed by atoms with Gasteiger partial charge in [-0.15, -0.1) is 0 Å². The number of hydrogen-bond donors (Lipinski definition) is 2. The molecular weight excluding hydrogens is 214 g/mol. The fourth-order valence-corrected chi connectivity index (χ4v) is 2.52. The summed E-state index contributed by atoms with van der Waals surface area (Å²) in [6, 6.07) is 10.3. The molecule has 17 heavy (non-hydrogen) atoms. The Hall–Kier alpha value is -1.35. The zero-order valence-electron chi connectivity index (χ0n) is 9.93. The lowest BCUT2D eigenvalue weighted by atomic mass is 9.84. The SMILES string of the molecule is O=C(O)[C@H]1CCCC[C@@H]1NCc1ccccc1. The van der Waals surface area contributed by atoms with Crippen LogP contribution in [0.5, 0.6) is 0 Å². The van der Waals surface area contributed by atoms with Gasteiger partial charge < -0.3 is 10.4 Å². The fourth-order valence-electron chi connectivity index (χ4n) is 2.52. The van der Waals surface area contributed by atoms with Crippen molar-refractivity contribution in [1.29, 1.82) is 0 Å². The first-order chi connectivity index (χ1) is 8.27. The highest BCUT2D eigenvalue weighted by Gasteiger charge is 2.30. The van der Waals surface area contributed by atoms with Gasteiger partial charge in [0.25, 0.3) is 0 Å². The third-order valence-electron chi connectivity index (χ3n) is 3.49. The van der Waals surface area contributed by atoms with E-state index < -0.39 is 5.97 Å². The lowest BCUT2D eigenvalue weighted by molar-refractivity contribution is -0.143. The van der Waals surface area contributed by atoms with Crippen molar-refractivity contribution in [2.24, 2.45) is 5.92 Å². The average Bonchev–Trinajstić information content (AvgIpc) is 2.38. The summed E-state index contributed by atoms with van der Waals surface area (Å²) in [4.78, 5) is 11.1. The van der Waals surface area contributed by atoms with E-state index in [1.807, 2.05) is 18.2 Å². The van der Waals surface area contributed by atoms with Crippen LogP contribution < -0.4 is 5.32 Å². The summed E-state index contributed by atoms with van der Waals surface area (Å²) in [7, 11) is 0. The van der Waals surface area contributed by atoms with Gasteiger partial charge in [-0.25, -0.2) is 0 Å². The van der Waals surface area contributed by atoms with Gasteiger partial charge in [-0.05, 0) is 18.4 Å². The van der Waals surface area contributed by atoms with E-state index in [2.05, 4.69) is 17.4 Å². The highest BCUT2D eigenvalue weighted by atomic mass is 16.4. The normalized spacial score (nSPS) is 24.5. The second-order valence-electron chi connectivity index (χ2n) is 4.70. The minimum absolute atomic E-state index is 0.126. The standard InChI is InChI=1S/C14H19NO2/c16-14(17)12-8-4-5-9-13(12)15-10-11-6-2-1-3-7-11/h1-3,6-7,12-13,15H,4-5,8-10H2,(H,16,17)/t12-,13-/m0/s1. The average molecular weight is 233 g/mol. The van der Waals surface area contributed by atoms with E-state index in [4.69, 9.17) is 5.11 Å². The number of aliphatic carboxylic acids is 1. The maximum atomic E-state index is 11.1. The molecule has 1 fully saturated rings. The molecule has 3 nitrogen and oxygen atoms in total. The minimum atomic E-state index is -0.657. The Bertz CT molecular complexity index is 364. The molecule has 1 aliphatic rings. The highest BCUT2D eigenvalue weighted by Crippen LogP contribution is 2.24. The number of carboxylic acids is 1. The molecule has 0 saturated heterocycles. The molecule has 0 unspecified atom stereocenters. The Morgan fingerprint density at radius 3 is 2.65 bits per heavy atom. The van der Waals surface area contributed by atoms with Crippen LogP contribution in [0.25, 0.3) is 0 Å². The maximum absolute atomic E-state index is 11.1. The van der Waals surface area contributed by atoms with Crippen LogP contribution in [-0.4, -0.2) is 17.1 Å². The van der Waals surface area contributed by atoms with Crippen molar-refractivity contribution in [1.82, 2.24) is 5.32 Å². The molecule has 2 rings (SSSR count). The molecule has 0 aliphatic heterocycles. The van der Waals surface area contributed by atoms with Crippen molar-refractivity contribution in [3.05, 3.63) is 35.9 Å². The molecule has 0 bridgehead atoms. The number of hydrogen-bond acceptors (Lipinski definition) is 2. The molecule has 1 aromatic rings. The van der Waals surface area contributed by atoms with Crippen molar-refractivity contribution in [3.8, 4) is 0 Å². The number of benzene rings is 1. The summed E-state index contributed by atoms with van der Waals surface area (Å²) in [6.45, 7) is 0.759. The first-order valence-corrected chi connectivity index (χ1v) is 6.27. The van der Waals surface area contributed by atoms with Crippen molar-refractivity contribution >= 4 is 5.97 Å². The van der Waals surface area contributed by atoms with Gasteiger partial charge in [0.05, 0.1) is 5.92 Å². The molecular formula is C14H19NO2. The largest absolute Gasteiger partial charge is 0.481 e. The Morgan fingerprint density at radius 2 is 1.94 bits per heavy atom. The van der Waals surface area contributed by atoms with E-state index in [0.29, 0.717) is 0 Å². The van der Waals surface area contributed by atoms with Gasteiger partial charge in [0.2, 0.25) is 0 Å². The summed E-state index contributed by atoms with van der Waals surface area (Å²) in [5.74, 6) is -0.872. The molecule has 1 saturated carbocycles. The summed E-state index contributed by atoms with van der Waals surface area (Å²) in [5.41, 5.74) is 1.21. The fraction of sp³-hybridized carbons (Fsp3) is 0.500. The summed E-state index contributed by atoms with van der Waals surface area (Å²) in [5, 5.41) is 12.6. The van der Waals surface area contributed by atoms with Gasteiger partial charge in [0, 0.05) is 12.6 Å². The first kappa shape index (κ1) is 12.1. The second kappa shape index (κ2) is 5.82. The number of nitrogens with one attached hydrogen (secondary N) is 1. The molecule has 0 radical (unpaired) electrons. The lowest BCUT2D eigenvalue weighted by Gasteiger charge is -2.29. The van der Waals surface area contributed by atoms with Crippen LogP contribution in [0, 0.1) is 5.92 Å². The Morgan fingerprint density at radius 1 is 1.24 bits per heavy atom. The van der Waals surface area contributed by atoms with E-state index in [1.165, 1.54) is 5.56 Å². The number of rotatable bonds is 4. The van der Waals surface area contributed by atoms with E-state index in [-0.39, 0.29) is 12.0 Å². The Kier molecular flexibility index (Phi) is 4.15. The van der Waals surface area contributed by atoms with Gasteiger partial charge in [0.15, 0.2) is 0 Å². The maximum Gasteiger partial charge on any atom is 0.308 e. The van der Waals surface area contributed by atoms with Crippen molar-refractivity contribution in [2.45, 2.75) is 38.3 Å². The van der Waals surface area contributed by atoms with Crippen LogP contribution in [0.3, 0.4) is 0 Å². The third kappa shape index (κ3) is 3.30. The molecule has 3 heteroatoms. The van der Waals surface area contributed by atoms with Gasteiger partial charge >= 0.3 is 5.97 Å².